The van der Waals surface area contributed by atoms with Gasteiger partial charge in [0.15, 0.2) is 0 Å². The molecule has 0 amide bonds. The lowest BCUT2D eigenvalue weighted by atomic mass is 9.94. The van der Waals surface area contributed by atoms with Gasteiger partial charge in [-0.2, -0.15) is 13.2 Å². The summed E-state index contributed by atoms with van der Waals surface area (Å²) in [5.74, 6) is 2.20. The molecule has 0 aliphatic carbocycles. The zero-order chi connectivity index (χ0) is 27.4. The van der Waals surface area contributed by atoms with Gasteiger partial charge in [0.05, 0.1) is 11.3 Å². The maximum Gasteiger partial charge on any atom is 0.416 e. The molecule has 0 radical (unpaired) electrons. The van der Waals surface area contributed by atoms with Crippen LogP contribution in [0.25, 0.3) is 11.3 Å². The van der Waals surface area contributed by atoms with Crippen molar-refractivity contribution in [2.24, 2.45) is 5.92 Å². The zero-order valence-corrected chi connectivity index (χ0v) is 22.7. The quantitative estimate of drug-likeness (QED) is 0.360. The molecule has 2 aliphatic heterocycles. The summed E-state index contributed by atoms with van der Waals surface area (Å²) in [6.45, 7) is 9.36. The smallest absolute Gasteiger partial charge is 0.357 e. The molecule has 9 heteroatoms. The Hall–Kier alpha value is -3.20. The van der Waals surface area contributed by atoms with Crippen LogP contribution in [0.5, 0.6) is 0 Å². The summed E-state index contributed by atoms with van der Waals surface area (Å²) in [5.41, 5.74) is 0.643. The first-order chi connectivity index (χ1) is 18.8. The van der Waals surface area contributed by atoms with E-state index in [1.165, 1.54) is 12.1 Å². The lowest BCUT2D eigenvalue weighted by Crippen LogP contribution is -2.49. The predicted molar refractivity (Wildman–Crippen MR) is 149 cm³/mol. The second-order valence-electron chi connectivity index (χ2n) is 10.9. The molecule has 0 spiro atoms. The van der Waals surface area contributed by atoms with Gasteiger partial charge in [-0.25, -0.2) is 15.0 Å². The number of hydrogen-bond acceptors (Lipinski definition) is 6. The summed E-state index contributed by atoms with van der Waals surface area (Å²) in [7, 11) is 0. The van der Waals surface area contributed by atoms with Crippen molar-refractivity contribution in [2.75, 3.05) is 42.5 Å². The third-order valence-electron chi connectivity index (χ3n) is 8.12. The van der Waals surface area contributed by atoms with Gasteiger partial charge in [0, 0.05) is 62.8 Å². The maximum atomic E-state index is 13.1. The fourth-order valence-corrected chi connectivity index (χ4v) is 5.75. The van der Waals surface area contributed by atoms with E-state index in [4.69, 9.17) is 4.98 Å². The standard InChI is InChI=1S/C30H37F3N6/c1-22(2)37-19-13-26(14-20-37)39(21-23-11-17-38(18-12-23)28-5-3-4-15-34-28)29-35-16-10-27(36-29)24-6-8-25(9-7-24)30(31,32)33/h3-10,15-16,22-23,26H,11-14,17-21H2,1-2H3. The Morgan fingerprint density at radius 1 is 0.872 bits per heavy atom. The third-order valence-corrected chi connectivity index (χ3v) is 8.12. The number of halogens is 3. The third kappa shape index (κ3) is 6.69. The molecule has 1 aromatic carbocycles. The zero-order valence-electron chi connectivity index (χ0n) is 22.7. The van der Waals surface area contributed by atoms with Crippen LogP contribution >= 0.6 is 0 Å². The Morgan fingerprint density at radius 3 is 2.21 bits per heavy atom. The number of benzene rings is 1. The molecule has 2 saturated heterocycles. The van der Waals surface area contributed by atoms with Crippen LogP contribution in [0.1, 0.15) is 45.1 Å². The Balaban J connectivity index is 1.34. The van der Waals surface area contributed by atoms with Gasteiger partial charge in [0.1, 0.15) is 5.82 Å². The molecular formula is C30H37F3N6. The van der Waals surface area contributed by atoms with Crippen LogP contribution in [-0.2, 0) is 6.18 Å². The van der Waals surface area contributed by atoms with Crippen LogP contribution < -0.4 is 9.80 Å². The molecule has 0 N–H and O–H groups in total. The number of pyridine rings is 1. The van der Waals surface area contributed by atoms with Crippen molar-refractivity contribution in [2.45, 2.75) is 57.8 Å². The molecule has 0 bridgehead atoms. The summed E-state index contributed by atoms with van der Waals surface area (Å²) < 4.78 is 39.2. The Labute approximate surface area is 228 Å². The average molecular weight is 539 g/mol. The number of hydrogen-bond donors (Lipinski definition) is 0. The lowest BCUT2D eigenvalue weighted by Gasteiger charge is -2.42. The van der Waals surface area contributed by atoms with Crippen molar-refractivity contribution in [3.8, 4) is 11.3 Å². The molecule has 2 fully saturated rings. The highest BCUT2D eigenvalue weighted by atomic mass is 19.4. The van der Waals surface area contributed by atoms with Crippen molar-refractivity contribution in [1.29, 1.82) is 0 Å². The van der Waals surface area contributed by atoms with Crippen molar-refractivity contribution in [1.82, 2.24) is 19.9 Å². The average Bonchev–Trinajstić information content (AvgIpc) is 2.96. The maximum absolute atomic E-state index is 13.1. The molecule has 39 heavy (non-hydrogen) atoms. The molecule has 5 rings (SSSR count). The first-order valence-electron chi connectivity index (χ1n) is 14.0. The molecule has 3 aromatic rings. The van der Waals surface area contributed by atoms with Crippen LogP contribution in [-0.4, -0.2) is 64.7 Å². The Bertz CT molecular complexity index is 1190. The second-order valence-corrected chi connectivity index (χ2v) is 10.9. The highest BCUT2D eigenvalue weighted by molar-refractivity contribution is 5.60. The van der Waals surface area contributed by atoms with Gasteiger partial charge in [-0.3, -0.25) is 0 Å². The number of aromatic nitrogens is 3. The molecular weight excluding hydrogens is 501 g/mol. The monoisotopic (exact) mass is 538 g/mol. The fourth-order valence-electron chi connectivity index (χ4n) is 5.75. The van der Waals surface area contributed by atoms with E-state index in [-0.39, 0.29) is 0 Å². The summed E-state index contributed by atoms with van der Waals surface area (Å²) in [4.78, 5) is 21.3. The van der Waals surface area contributed by atoms with Crippen molar-refractivity contribution in [3.05, 3.63) is 66.5 Å². The van der Waals surface area contributed by atoms with E-state index < -0.39 is 11.7 Å². The van der Waals surface area contributed by atoms with Crippen LogP contribution in [0.4, 0.5) is 24.9 Å². The fraction of sp³-hybridized carbons (Fsp3) is 0.500. The molecule has 0 atom stereocenters. The number of alkyl halides is 3. The normalized spacial score (nSPS) is 18.1. The van der Waals surface area contributed by atoms with Gasteiger partial charge < -0.3 is 14.7 Å². The number of nitrogens with zero attached hydrogens (tertiary/aromatic N) is 6. The molecule has 6 nitrogen and oxygen atoms in total. The molecule has 2 aromatic heterocycles. The van der Waals surface area contributed by atoms with Crippen LogP contribution in [0, 0.1) is 5.92 Å². The largest absolute Gasteiger partial charge is 0.416 e. The molecule has 0 saturated carbocycles. The lowest BCUT2D eigenvalue weighted by molar-refractivity contribution is -0.137. The number of anilines is 2. The van der Waals surface area contributed by atoms with Gasteiger partial charge in [0.2, 0.25) is 5.95 Å². The summed E-state index contributed by atoms with van der Waals surface area (Å²) in [5, 5.41) is 0. The van der Waals surface area contributed by atoms with E-state index in [9.17, 15) is 13.2 Å². The van der Waals surface area contributed by atoms with Gasteiger partial charge in [-0.05, 0) is 75.8 Å². The Morgan fingerprint density at radius 2 is 1.59 bits per heavy atom. The molecule has 2 aliphatic rings. The van der Waals surface area contributed by atoms with E-state index in [2.05, 4.69) is 44.6 Å². The van der Waals surface area contributed by atoms with Crippen molar-refractivity contribution < 1.29 is 13.2 Å². The molecule has 0 unspecified atom stereocenters. The number of rotatable bonds is 7. The minimum Gasteiger partial charge on any atom is -0.357 e. The first kappa shape index (κ1) is 27.4. The topological polar surface area (TPSA) is 48.4 Å². The minimum absolute atomic E-state index is 0.330. The van der Waals surface area contributed by atoms with E-state index in [1.807, 2.05) is 18.3 Å². The second kappa shape index (κ2) is 11.9. The first-order valence-corrected chi connectivity index (χ1v) is 14.0. The summed E-state index contributed by atoms with van der Waals surface area (Å²) in [6, 6.07) is 13.9. The minimum atomic E-state index is -4.36. The van der Waals surface area contributed by atoms with Crippen LogP contribution in [0.2, 0.25) is 0 Å². The van der Waals surface area contributed by atoms with E-state index >= 15 is 0 Å². The number of likely N-dealkylation sites (tertiary alicyclic amines) is 1. The van der Waals surface area contributed by atoms with Gasteiger partial charge in [0.25, 0.3) is 0 Å². The van der Waals surface area contributed by atoms with Gasteiger partial charge in [-0.15, -0.1) is 0 Å². The predicted octanol–water partition coefficient (Wildman–Crippen LogP) is 6.15. The highest BCUT2D eigenvalue weighted by Crippen LogP contribution is 2.32. The van der Waals surface area contributed by atoms with Crippen molar-refractivity contribution in [3.63, 3.8) is 0 Å². The van der Waals surface area contributed by atoms with E-state index in [0.717, 1.165) is 76.4 Å². The molecule has 208 valence electrons. The van der Waals surface area contributed by atoms with Gasteiger partial charge in [-0.1, -0.05) is 18.2 Å². The molecule has 4 heterocycles. The van der Waals surface area contributed by atoms with Gasteiger partial charge >= 0.3 is 6.18 Å². The SMILES string of the molecule is CC(C)N1CCC(N(CC2CCN(c3ccccn3)CC2)c2nccc(-c3ccc(C(F)(F)F)cc3)n2)CC1. The van der Waals surface area contributed by atoms with E-state index in [0.29, 0.717) is 35.2 Å². The highest BCUT2D eigenvalue weighted by Gasteiger charge is 2.32. The van der Waals surface area contributed by atoms with E-state index in [1.54, 1.807) is 12.3 Å². The number of piperidine rings is 2. The van der Waals surface area contributed by atoms with Crippen LogP contribution in [0.15, 0.2) is 60.9 Å². The van der Waals surface area contributed by atoms with Crippen molar-refractivity contribution >= 4 is 11.8 Å². The Kier molecular flexibility index (Phi) is 8.35. The van der Waals surface area contributed by atoms with Crippen LogP contribution in [0.3, 0.4) is 0 Å². The summed E-state index contributed by atoms with van der Waals surface area (Å²) in [6.07, 6.45) is 3.43. The summed E-state index contributed by atoms with van der Waals surface area (Å²) >= 11 is 0.